The van der Waals surface area contributed by atoms with Crippen LogP contribution in [0.2, 0.25) is 0 Å². The SMILES string of the molecule is O=[SH-]=NCc1ccc(Br)cc1. The number of hydrogen-bond donors (Lipinski definition) is 0. The fourth-order valence-corrected chi connectivity index (χ4v) is 1.19. The van der Waals surface area contributed by atoms with Crippen molar-refractivity contribution in [2.75, 3.05) is 0 Å². The van der Waals surface area contributed by atoms with Gasteiger partial charge in [-0.1, -0.05) is 28.1 Å². The first-order valence-corrected chi connectivity index (χ1v) is 4.62. The molecule has 0 saturated carbocycles. The van der Waals surface area contributed by atoms with Crippen molar-refractivity contribution >= 4 is 27.4 Å². The van der Waals surface area contributed by atoms with Crippen molar-refractivity contribution in [3.8, 4) is 0 Å². The highest BCUT2D eigenvalue weighted by Gasteiger charge is 1.87. The summed E-state index contributed by atoms with van der Waals surface area (Å²) in [6.07, 6.45) is 0. The minimum atomic E-state index is -0.146. The lowest BCUT2D eigenvalue weighted by atomic mass is 10.2. The highest BCUT2D eigenvalue weighted by molar-refractivity contribution is 9.10. The second kappa shape index (κ2) is 4.51. The number of halogens is 1. The Balaban J connectivity index is 2.73. The molecule has 1 aromatic rings. The van der Waals surface area contributed by atoms with Crippen LogP contribution in [0.15, 0.2) is 33.1 Å². The average molecular weight is 233 g/mol. The maximum absolute atomic E-state index is 9.97. The third-order valence-corrected chi connectivity index (χ3v) is 2.01. The largest absolute Gasteiger partial charge is 0.447 e. The van der Waals surface area contributed by atoms with Gasteiger partial charge in [0.15, 0.2) is 0 Å². The molecule has 0 heterocycles. The van der Waals surface area contributed by atoms with E-state index >= 15 is 0 Å². The third kappa shape index (κ3) is 3.03. The van der Waals surface area contributed by atoms with Crippen molar-refractivity contribution in [2.45, 2.75) is 6.54 Å². The Hall–Kier alpha value is -0.350. The molecule has 0 atom stereocenters. The highest BCUT2D eigenvalue weighted by atomic mass is 79.9. The van der Waals surface area contributed by atoms with Crippen LogP contribution in [0.25, 0.3) is 0 Å². The van der Waals surface area contributed by atoms with Crippen molar-refractivity contribution in [2.24, 2.45) is 4.36 Å². The maximum atomic E-state index is 9.97. The standard InChI is InChI=1S/C7H7BrNOS/c8-7-3-1-6(2-4-7)5-9-11-10/h1-4,11H,5H2/q-1. The van der Waals surface area contributed by atoms with E-state index in [4.69, 9.17) is 0 Å². The van der Waals surface area contributed by atoms with E-state index in [-0.39, 0.29) is 11.5 Å². The highest BCUT2D eigenvalue weighted by Crippen LogP contribution is 2.10. The Kier molecular flexibility index (Phi) is 3.59. The summed E-state index contributed by atoms with van der Waals surface area (Å²) in [5, 5.41) is 0. The van der Waals surface area contributed by atoms with Gasteiger partial charge in [-0.15, -0.1) is 0 Å². The summed E-state index contributed by atoms with van der Waals surface area (Å²) in [4.78, 5) is 0. The smallest absolute Gasteiger partial charge is 0.0374 e. The summed E-state index contributed by atoms with van der Waals surface area (Å²) in [5.41, 5.74) is 1.07. The summed E-state index contributed by atoms with van der Waals surface area (Å²) < 4.78 is 14.7. The molecule has 0 unspecified atom stereocenters. The van der Waals surface area contributed by atoms with Gasteiger partial charge in [-0.25, -0.2) is 11.5 Å². The van der Waals surface area contributed by atoms with Crippen LogP contribution in [0.1, 0.15) is 5.56 Å². The van der Waals surface area contributed by atoms with E-state index < -0.39 is 0 Å². The van der Waals surface area contributed by atoms with Gasteiger partial charge in [-0.05, 0) is 17.7 Å². The van der Waals surface area contributed by atoms with Gasteiger partial charge < -0.3 is 8.57 Å². The second-order valence-corrected chi connectivity index (χ2v) is 3.37. The molecule has 0 spiro atoms. The van der Waals surface area contributed by atoms with E-state index in [1.165, 1.54) is 0 Å². The zero-order chi connectivity index (χ0) is 8.10. The minimum Gasteiger partial charge on any atom is -0.447 e. The summed E-state index contributed by atoms with van der Waals surface area (Å²) in [6, 6.07) is 7.76. The Morgan fingerprint density at radius 1 is 1.36 bits per heavy atom. The Bertz CT molecular complexity index is 279. The van der Waals surface area contributed by atoms with E-state index in [9.17, 15) is 4.21 Å². The van der Waals surface area contributed by atoms with Gasteiger partial charge in [0.1, 0.15) is 0 Å². The van der Waals surface area contributed by atoms with Crippen molar-refractivity contribution in [1.82, 2.24) is 0 Å². The van der Waals surface area contributed by atoms with E-state index in [1.807, 2.05) is 24.3 Å². The predicted molar refractivity (Wildman–Crippen MR) is 49.7 cm³/mol. The van der Waals surface area contributed by atoms with E-state index in [2.05, 4.69) is 20.3 Å². The molecule has 0 aliphatic heterocycles. The molecule has 0 bridgehead atoms. The van der Waals surface area contributed by atoms with E-state index in [1.54, 1.807) is 0 Å². The van der Waals surface area contributed by atoms with Gasteiger partial charge in [-0.3, -0.25) is 0 Å². The number of hydrogen-bond acceptors (Lipinski definition) is 3. The molecular formula is C7H7BrNOS-. The Morgan fingerprint density at radius 2 is 2.00 bits per heavy atom. The zero-order valence-corrected chi connectivity index (χ0v) is 8.18. The Morgan fingerprint density at radius 3 is 2.55 bits per heavy atom. The van der Waals surface area contributed by atoms with E-state index in [0.29, 0.717) is 6.54 Å². The van der Waals surface area contributed by atoms with Gasteiger partial charge in [0.05, 0.1) is 0 Å². The quantitative estimate of drug-likeness (QED) is 0.569. The van der Waals surface area contributed by atoms with Crippen LogP contribution >= 0.6 is 15.9 Å². The summed E-state index contributed by atoms with van der Waals surface area (Å²) >= 11 is 3.17. The van der Waals surface area contributed by atoms with Crippen LogP contribution in [0.4, 0.5) is 0 Å². The van der Waals surface area contributed by atoms with Crippen LogP contribution in [0.5, 0.6) is 0 Å². The number of thiol groups is 1. The molecule has 0 radical (unpaired) electrons. The van der Waals surface area contributed by atoms with Gasteiger partial charge in [0.25, 0.3) is 0 Å². The molecule has 0 aromatic heterocycles. The zero-order valence-electron chi connectivity index (χ0n) is 5.70. The van der Waals surface area contributed by atoms with Crippen molar-refractivity contribution in [3.63, 3.8) is 0 Å². The molecule has 0 amide bonds. The normalized spacial score (nSPS) is 9.55. The van der Waals surface area contributed by atoms with Crippen molar-refractivity contribution in [3.05, 3.63) is 34.3 Å². The molecule has 1 rings (SSSR count). The lowest BCUT2D eigenvalue weighted by Crippen LogP contribution is -1.77. The molecule has 0 saturated heterocycles. The first kappa shape index (κ1) is 8.74. The number of rotatable bonds is 2. The van der Waals surface area contributed by atoms with Gasteiger partial charge in [0.2, 0.25) is 0 Å². The predicted octanol–water partition coefficient (Wildman–Crippen LogP) is 2.29. The molecule has 4 heteroatoms. The molecular weight excluding hydrogens is 226 g/mol. The molecule has 11 heavy (non-hydrogen) atoms. The lowest BCUT2D eigenvalue weighted by Gasteiger charge is -1.96. The maximum Gasteiger partial charge on any atom is 0.0374 e. The molecule has 0 N–H and O–H groups in total. The monoisotopic (exact) mass is 232 g/mol. The second-order valence-electron chi connectivity index (χ2n) is 2.01. The summed E-state index contributed by atoms with van der Waals surface area (Å²) in [7, 11) is 0. The fourth-order valence-electron chi connectivity index (χ4n) is 0.700. The topological polar surface area (TPSA) is 29.4 Å². The fraction of sp³-hybridized carbons (Fsp3) is 0.143. The van der Waals surface area contributed by atoms with Gasteiger partial charge >= 0.3 is 0 Å². The van der Waals surface area contributed by atoms with Crippen LogP contribution in [-0.2, 0) is 22.2 Å². The minimum absolute atomic E-state index is 0.146. The third-order valence-electron chi connectivity index (χ3n) is 1.22. The van der Waals surface area contributed by atoms with Crippen molar-refractivity contribution < 1.29 is 4.21 Å². The van der Waals surface area contributed by atoms with Gasteiger partial charge in [0, 0.05) is 11.0 Å². The summed E-state index contributed by atoms with van der Waals surface area (Å²) in [6.45, 7) is 0.512. The molecule has 0 aliphatic rings. The molecule has 60 valence electrons. The molecule has 2 nitrogen and oxygen atoms in total. The average Bonchev–Trinajstić information content (AvgIpc) is 2.04. The molecule has 1 aromatic carbocycles. The van der Waals surface area contributed by atoms with Crippen molar-refractivity contribution in [1.29, 1.82) is 0 Å². The lowest BCUT2D eigenvalue weighted by molar-refractivity contribution is 0.607. The van der Waals surface area contributed by atoms with Crippen LogP contribution < -0.4 is 0 Å². The van der Waals surface area contributed by atoms with Crippen LogP contribution in [0, 0.1) is 0 Å². The first-order valence-electron chi connectivity index (χ1n) is 3.06. The van der Waals surface area contributed by atoms with Crippen LogP contribution in [-0.4, -0.2) is 0 Å². The number of benzene rings is 1. The molecule has 0 fully saturated rings. The summed E-state index contributed by atoms with van der Waals surface area (Å²) in [5.74, 6) is 0. The Labute approximate surface area is 77.0 Å². The number of nitrogens with zero attached hydrogens (tertiary/aromatic N) is 1. The first-order chi connectivity index (χ1) is 5.33. The van der Waals surface area contributed by atoms with Gasteiger partial charge in [-0.2, -0.15) is 0 Å². The van der Waals surface area contributed by atoms with Crippen LogP contribution in [0.3, 0.4) is 0 Å². The van der Waals surface area contributed by atoms with E-state index in [0.717, 1.165) is 10.0 Å². The molecule has 0 aliphatic carbocycles.